The van der Waals surface area contributed by atoms with Crippen LogP contribution in [0, 0.1) is 0 Å². The highest BCUT2D eigenvalue weighted by atomic mass is 16.5. The summed E-state index contributed by atoms with van der Waals surface area (Å²) in [5.74, 6) is -0.247. The van der Waals surface area contributed by atoms with E-state index in [1.54, 1.807) is 0 Å². The molecule has 0 spiro atoms. The van der Waals surface area contributed by atoms with E-state index in [1.807, 2.05) is 25.1 Å². The molecular weight excluding hydrogens is 238 g/mol. The minimum absolute atomic E-state index is 0.110. The number of hydrogen-bond donors (Lipinski definition) is 1. The largest absolute Gasteiger partial charge is 0.462 e. The number of fused-ring (bicyclic) bond motifs is 2. The minimum atomic E-state index is -0.247. The van der Waals surface area contributed by atoms with Gasteiger partial charge in [-0.3, -0.25) is 0 Å². The highest BCUT2D eigenvalue weighted by molar-refractivity contribution is 5.92. The Labute approximate surface area is 113 Å². The molecule has 1 fully saturated rings. The van der Waals surface area contributed by atoms with Crippen molar-refractivity contribution in [1.29, 1.82) is 0 Å². The van der Waals surface area contributed by atoms with E-state index in [-0.39, 0.29) is 11.5 Å². The highest BCUT2D eigenvalue weighted by Gasteiger charge is 2.36. The zero-order valence-electron chi connectivity index (χ0n) is 11.5. The number of carbonyl (C=O) groups is 1. The fourth-order valence-electron chi connectivity index (χ4n) is 3.07. The zero-order valence-corrected chi connectivity index (χ0v) is 11.5. The number of esters is 1. The molecule has 1 unspecified atom stereocenters. The van der Waals surface area contributed by atoms with Gasteiger partial charge in [0.05, 0.1) is 17.7 Å². The topological polar surface area (TPSA) is 38.3 Å². The van der Waals surface area contributed by atoms with Crippen LogP contribution in [0.1, 0.15) is 49.0 Å². The lowest BCUT2D eigenvalue weighted by Crippen LogP contribution is -2.35. The Morgan fingerprint density at radius 1 is 1.47 bits per heavy atom. The van der Waals surface area contributed by atoms with Crippen molar-refractivity contribution in [2.45, 2.75) is 38.6 Å². The lowest BCUT2D eigenvalue weighted by molar-refractivity contribution is 0.0526. The van der Waals surface area contributed by atoms with Crippen LogP contribution in [0.2, 0.25) is 0 Å². The molecule has 0 aromatic heterocycles. The third-order valence-electron chi connectivity index (χ3n) is 4.13. The molecule has 0 amide bonds. The quantitative estimate of drug-likeness (QED) is 0.822. The lowest BCUT2D eigenvalue weighted by atomic mass is 9.88. The average Bonchev–Trinajstić information content (AvgIpc) is 2.75. The number of rotatable bonds is 2. The molecule has 1 saturated carbocycles. The van der Waals surface area contributed by atoms with Gasteiger partial charge in [-0.1, -0.05) is 6.08 Å². The number of nitrogens with one attached hydrogen (secondary N) is 1. The Morgan fingerprint density at radius 2 is 2.32 bits per heavy atom. The first-order chi connectivity index (χ1) is 9.12. The van der Waals surface area contributed by atoms with Gasteiger partial charge in [0.2, 0.25) is 0 Å². The SMILES string of the molecule is CCOC(=O)c1ccc2c(c1)C=C1CCCC1(C)N2. The van der Waals surface area contributed by atoms with Gasteiger partial charge in [0, 0.05) is 5.69 Å². The van der Waals surface area contributed by atoms with Crippen molar-refractivity contribution in [2.24, 2.45) is 0 Å². The molecule has 3 heteroatoms. The second kappa shape index (κ2) is 4.41. The van der Waals surface area contributed by atoms with Gasteiger partial charge in [-0.15, -0.1) is 0 Å². The van der Waals surface area contributed by atoms with Crippen LogP contribution in [-0.4, -0.2) is 18.1 Å². The number of ether oxygens (including phenoxy) is 1. The summed E-state index contributed by atoms with van der Waals surface area (Å²) in [6.45, 7) is 4.49. The summed E-state index contributed by atoms with van der Waals surface area (Å²) < 4.78 is 5.05. The summed E-state index contributed by atoms with van der Waals surface area (Å²) in [6.07, 6.45) is 5.79. The van der Waals surface area contributed by atoms with Gasteiger partial charge < -0.3 is 10.1 Å². The van der Waals surface area contributed by atoms with Gasteiger partial charge in [-0.05, 0) is 62.4 Å². The first-order valence-electron chi connectivity index (χ1n) is 6.93. The smallest absolute Gasteiger partial charge is 0.338 e. The first kappa shape index (κ1) is 12.3. The monoisotopic (exact) mass is 257 g/mol. The van der Waals surface area contributed by atoms with E-state index in [2.05, 4.69) is 18.3 Å². The number of hydrogen-bond acceptors (Lipinski definition) is 3. The van der Waals surface area contributed by atoms with Gasteiger partial charge in [-0.25, -0.2) is 4.79 Å². The number of carbonyl (C=O) groups excluding carboxylic acids is 1. The molecular formula is C16H19NO2. The van der Waals surface area contributed by atoms with Crippen LogP contribution >= 0.6 is 0 Å². The number of anilines is 1. The Kier molecular flexibility index (Phi) is 2.85. The summed E-state index contributed by atoms with van der Waals surface area (Å²) >= 11 is 0. The summed E-state index contributed by atoms with van der Waals surface area (Å²) in [6, 6.07) is 5.74. The first-order valence-corrected chi connectivity index (χ1v) is 6.93. The molecule has 1 aromatic rings. The standard InChI is InChI=1S/C16H19NO2/c1-3-19-15(18)11-6-7-14-12(9-11)10-13-5-4-8-16(13,2)17-14/h6-7,9-10,17H,3-5,8H2,1-2H3. The van der Waals surface area contributed by atoms with Crippen LogP contribution in [0.3, 0.4) is 0 Å². The Bertz CT molecular complexity index is 562. The van der Waals surface area contributed by atoms with Crippen molar-refractivity contribution in [1.82, 2.24) is 0 Å². The Hall–Kier alpha value is -1.77. The van der Waals surface area contributed by atoms with E-state index < -0.39 is 0 Å². The van der Waals surface area contributed by atoms with E-state index in [0.717, 1.165) is 17.7 Å². The average molecular weight is 257 g/mol. The predicted octanol–water partition coefficient (Wildman–Crippen LogP) is 3.61. The van der Waals surface area contributed by atoms with E-state index in [1.165, 1.54) is 18.4 Å². The summed E-state index contributed by atoms with van der Waals surface area (Å²) in [5.41, 5.74) is 4.39. The van der Waals surface area contributed by atoms with Crippen LogP contribution in [0.25, 0.3) is 6.08 Å². The van der Waals surface area contributed by atoms with E-state index in [9.17, 15) is 4.79 Å². The maximum Gasteiger partial charge on any atom is 0.338 e. The third-order valence-corrected chi connectivity index (χ3v) is 4.13. The van der Waals surface area contributed by atoms with Crippen LogP contribution in [0.4, 0.5) is 5.69 Å². The second-order valence-electron chi connectivity index (χ2n) is 5.50. The van der Waals surface area contributed by atoms with E-state index >= 15 is 0 Å². The number of benzene rings is 1. The molecule has 3 rings (SSSR count). The van der Waals surface area contributed by atoms with Crippen LogP contribution < -0.4 is 5.32 Å². The molecule has 19 heavy (non-hydrogen) atoms. The fraction of sp³-hybridized carbons (Fsp3) is 0.438. The molecule has 1 aliphatic heterocycles. The van der Waals surface area contributed by atoms with Gasteiger partial charge in [0.1, 0.15) is 0 Å². The normalized spacial score (nSPS) is 24.0. The van der Waals surface area contributed by atoms with Crippen molar-refractivity contribution >= 4 is 17.7 Å². The van der Waals surface area contributed by atoms with Gasteiger partial charge in [-0.2, -0.15) is 0 Å². The molecule has 0 saturated heterocycles. The van der Waals surface area contributed by atoms with Crippen LogP contribution in [-0.2, 0) is 4.74 Å². The zero-order chi connectivity index (χ0) is 13.5. The van der Waals surface area contributed by atoms with Crippen LogP contribution in [0.5, 0.6) is 0 Å². The minimum Gasteiger partial charge on any atom is -0.462 e. The molecule has 1 aliphatic carbocycles. The second-order valence-corrected chi connectivity index (χ2v) is 5.50. The molecule has 1 aromatic carbocycles. The summed E-state index contributed by atoms with van der Waals surface area (Å²) in [5, 5.41) is 3.61. The Balaban J connectivity index is 1.97. The van der Waals surface area contributed by atoms with Crippen molar-refractivity contribution in [3.05, 3.63) is 34.9 Å². The molecule has 0 radical (unpaired) electrons. The molecule has 1 atom stereocenters. The summed E-state index contributed by atoms with van der Waals surface area (Å²) in [4.78, 5) is 11.8. The molecule has 1 heterocycles. The Morgan fingerprint density at radius 3 is 3.11 bits per heavy atom. The van der Waals surface area contributed by atoms with Crippen molar-refractivity contribution in [3.63, 3.8) is 0 Å². The fourth-order valence-corrected chi connectivity index (χ4v) is 3.07. The maximum absolute atomic E-state index is 11.8. The van der Waals surface area contributed by atoms with Crippen molar-refractivity contribution in [2.75, 3.05) is 11.9 Å². The molecule has 2 aliphatic rings. The van der Waals surface area contributed by atoms with Gasteiger partial charge >= 0.3 is 5.97 Å². The van der Waals surface area contributed by atoms with E-state index in [0.29, 0.717) is 12.2 Å². The predicted molar refractivity (Wildman–Crippen MR) is 76.3 cm³/mol. The molecule has 3 nitrogen and oxygen atoms in total. The van der Waals surface area contributed by atoms with Crippen molar-refractivity contribution in [3.8, 4) is 0 Å². The van der Waals surface area contributed by atoms with Gasteiger partial charge in [0.25, 0.3) is 0 Å². The van der Waals surface area contributed by atoms with Gasteiger partial charge in [0.15, 0.2) is 0 Å². The molecule has 0 bridgehead atoms. The maximum atomic E-state index is 11.8. The third kappa shape index (κ3) is 2.03. The highest BCUT2D eigenvalue weighted by Crippen LogP contribution is 2.43. The molecule has 1 N–H and O–H groups in total. The van der Waals surface area contributed by atoms with E-state index in [4.69, 9.17) is 4.74 Å². The van der Waals surface area contributed by atoms with Crippen LogP contribution in [0.15, 0.2) is 23.8 Å². The summed E-state index contributed by atoms with van der Waals surface area (Å²) in [7, 11) is 0. The van der Waals surface area contributed by atoms with Crippen molar-refractivity contribution < 1.29 is 9.53 Å². The molecule has 100 valence electrons. The lowest BCUT2D eigenvalue weighted by Gasteiger charge is -2.33.